The third-order valence-corrected chi connectivity index (χ3v) is 5.96. The Morgan fingerprint density at radius 2 is 1.82 bits per heavy atom. The van der Waals surface area contributed by atoms with Gasteiger partial charge >= 0.3 is 0 Å². The lowest BCUT2D eigenvalue weighted by molar-refractivity contribution is 0.233. The number of rotatable bonds is 5. The van der Waals surface area contributed by atoms with Crippen LogP contribution in [0.25, 0.3) is 0 Å². The van der Waals surface area contributed by atoms with Gasteiger partial charge in [-0.25, -0.2) is 0 Å². The van der Waals surface area contributed by atoms with Crippen molar-refractivity contribution in [1.82, 2.24) is 5.32 Å². The SMILES string of the molecule is CCNCC1CCCC1CC1CC2CCC1C2. The van der Waals surface area contributed by atoms with Crippen molar-refractivity contribution in [2.24, 2.45) is 29.6 Å². The zero-order valence-electron chi connectivity index (χ0n) is 11.5. The van der Waals surface area contributed by atoms with Gasteiger partial charge in [0.05, 0.1) is 0 Å². The van der Waals surface area contributed by atoms with Crippen LogP contribution in [0.15, 0.2) is 0 Å². The second kappa shape index (κ2) is 5.30. The van der Waals surface area contributed by atoms with Gasteiger partial charge in [-0.2, -0.15) is 0 Å². The van der Waals surface area contributed by atoms with Crippen molar-refractivity contribution in [1.29, 1.82) is 0 Å². The molecule has 3 saturated carbocycles. The molecule has 1 nitrogen and oxygen atoms in total. The fourth-order valence-corrected chi connectivity index (χ4v) is 5.08. The van der Waals surface area contributed by atoms with Gasteiger partial charge < -0.3 is 5.32 Å². The van der Waals surface area contributed by atoms with Gasteiger partial charge in [-0.05, 0) is 74.8 Å². The zero-order chi connectivity index (χ0) is 11.7. The molecular formula is C16H29N. The van der Waals surface area contributed by atoms with E-state index < -0.39 is 0 Å². The normalized spacial score (nSPS) is 44.6. The van der Waals surface area contributed by atoms with Crippen LogP contribution in [-0.2, 0) is 0 Å². The Labute approximate surface area is 107 Å². The lowest BCUT2D eigenvalue weighted by Crippen LogP contribution is -2.27. The summed E-state index contributed by atoms with van der Waals surface area (Å²) in [5.41, 5.74) is 0. The van der Waals surface area contributed by atoms with Crippen molar-refractivity contribution in [2.45, 2.75) is 58.3 Å². The lowest BCUT2D eigenvalue weighted by atomic mass is 9.79. The van der Waals surface area contributed by atoms with Crippen LogP contribution in [0.5, 0.6) is 0 Å². The molecule has 3 aliphatic carbocycles. The molecule has 0 aliphatic heterocycles. The Hall–Kier alpha value is -0.0400. The number of fused-ring (bicyclic) bond motifs is 2. The van der Waals surface area contributed by atoms with E-state index in [4.69, 9.17) is 0 Å². The summed E-state index contributed by atoms with van der Waals surface area (Å²) in [5, 5.41) is 3.58. The van der Waals surface area contributed by atoms with Crippen LogP contribution in [0.3, 0.4) is 0 Å². The molecule has 1 heteroatoms. The molecule has 3 rings (SSSR count). The molecule has 3 fully saturated rings. The lowest BCUT2D eigenvalue weighted by Gasteiger charge is -2.28. The summed E-state index contributed by atoms with van der Waals surface area (Å²) in [7, 11) is 0. The van der Waals surface area contributed by atoms with Crippen molar-refractivity contribution in [3.05, 3.63) is 0 Å². The zero-order valence-corrected chi connectivity index (χ0v) is 11.5. The molecule has 0 radical (unpaired) electrons. The highest BCUT2D eigenvalue weighted by Crippen LogP contribution is 2.52. The molecule has 5 atom stereocenters. The van der Waals surface area contributed by atoms with Crippen molar-refractivity contribution in [3.63, 3.8) is 0 Å². The summed E-state index contributed by atoms with van der Waals surface area (Å²) in [6.45, 7) is 4.68. The molecule has 0 aromatic carbocycles. The van der Waals surface area contributed by atoms with Crippen LogP contribution < -0.4 is 5.32 Å². The Morgan fingerprint density at radius 1 is 0.941 bits per heavy atom. The Kier molecular flexibility index (Phi) is 3.75. The minimum Gasteiger partial charge on any atom is -0.317 e. The monoisotopic (exact) mass is 235 g/mol. The van der Waals surface area contributed by atoms with Crippen molar-refractivity contribution in [2.75, 3.05) is 13.1 Å². The smallest absolute Gasteiger partial charge is 0.00180 e. The van der Waals surface area contributed by atoms with Crippen LogP contribution in [-0.4, -0.2) is 13.1 Å². The van der Waals surface area contributed by atoms with E-state index in [0.717, 1.165) is 36.1 Å². The van der Waals surface area contributed by atoms with Crippen molar-refractivity contribution >= 4 is 0 Å². The molecule has 0 spiro atoms. The van der Waals surface area contributed by atoms with Crippen molar-refractivity contribution in [3.8, 4) is 0 Å². The number of nitrogens with one attached hydrogen (secondary N) is 1. The predicted octanol–water partition coefficient (Wildman–Crippen LogP) is 3.84. The van der Waals surface area contributed by atoms with Gasteiger partial charge in [0.25, 0.3) is 0 Å². The van der Waals surface area contributed by atoms with Crippen LogP contribution >= 0.6 is 0 Å². The molecule has 0 aromatic heterocycles. The molecule has 0 heterocycles. The molecule has 0 saturated heterocycles. The molecule has 1 N–H and O–H groups in total. The predicted molar refractivity (Wildman–Crippen MR) is 72.9 cm³/mol. The second-order valence-corrected chi connectivity index (χ2v) is 6.93. The van der Waals surface area contributed by atoms with E-state index in [0.29, 0.717) is 0 Å². The molecule has 98 valence electrons. The van der Waals surface area contributed by atoms with Crippen molar-refractivity contribution < 1.29 is 0 Å². The summed E-state index contributed by atoms with van der Waals surface area (Å²) in [5.74, 6) is 5.48. The molecule has 17 heavy (non-hydrogen) atoms. The summed E-state index contributed by atoms with van der Waals surface area (Å²) >= 11 is 0. The first-order valence-electron chi connectivity index (χ1n) is 8.07. The number of hydrogen-bond donors (Lipinski definition) is 1. The molecule has 3 aliphatic rings. The highest BCUT2D eigenvalue weighted by Gasteiger charge is 2.41. The van der Waals surface area contributed by atoms with Crippen LogP contribution in [0.2, 0.25) is 0 Å². The average Bonchev–Trinajstić information content (AvgIpc) is 3.02. The standard InChI is InChI=1S/C16H29N/c1-2-17-11-15-5-3-4-13(15)10-16-9-12-6-7-14(16)8-12/h12-17H,2-11H2,1H3. The first kappa shape index (κ1) is 12.0. The van der Waals surface area contributed by atoms with Gasteiger partial charge in [-0.3, -0.25) is 0 Å². The van der Waals surface area contributed by atoms with Crippen LogP contribution in [0, 0.1) is 29.6 Å². The minimum absolute atomic E-state index is 1.01. The maximum absolute atomic E-state index is 3.58. The third-order valence-electron chi connectivity index (χ3n) is 5.96. The maximum atomic E-state index is 3.58. The second-order valence-electron chi connectivity index (χ2n) is 6.93. The van der Waals surface area contributed by atoms with Gasteiger partial charge in [0.1, 0.15) is 0 Å². The molecular weight excluding hydrogens is 206 g/mol. The quantitative estimate of drug-likeness (QED) is 0.763. The molecule has 0 aromatic rings. The van der Waals surface area contributed by atoms with Gasteiger partial charge in [-0.15, -0.1) is 0 Å². The first-order valence-corrected chi connectivity index (χ1v) is 8.07. The van der Waals surface area contributed by atoms with E-state index in [2.05, 4.69) is 12.2 Å². The van der Waals surface area contributed by atoms with E-state index in [1.165, 1.54) is 25.8 Å². The molecule has 0 amide bonds. The summed E-state index contributed by atoms with van der Waals surface area (Å²) in [6.07, 6.45) is 12.4. The Bertz CT molecular complexity index is 250. The highest BCUT2D eigenvalue weighted by molar-refractivity contribution is 4.92. The van der Waals surface area contributed by atoms with Gasteiger partial charge in [0, 0.05) is 0 Å². The Morgan fingerprint density at radius 3 is 2.53 bits per heavy atom. The summed E-state index contributed by atoms with van der Waals surface area (Å²) < 4.78 is 0. The van der Waals surface area contributed by atoms with Gasteiger partial charge in [-0.1, -0.05) is 26.2 Å². The van der Waals surface area contributed by atoms with E-state index in [-0.39, 0.29) is 0 Å². The summed E-state index contributed by atoms with van der Waals surface area (Å²) in [6, 6.07) is 0. The third kappa shape index (κ3) is 2.54. The van der Waals surface area contributed by atoms with Gasteiger partial charge in [0.15, 0.2) is 0 Å². The summed E-state index contributed by atoms with van der Waals surface area (Å²) in [4.78, 5) is 0. The van der Waals surface area contributed by atoms with E-state index in [1.54, 1.807) is 32.1 Å². The molecule has 2 bridgehead atoms. The largest absolute Gasteiger partial charge is 0.317 e. The van der Waals surface area contributed by atoms with E-state index in [1.807, 2.05) is 0 Å². The van der Waals surface area contributed by atoms with E-state index >= 15 is 0 Å². The van der Waals surface area contributed by atoms with Crippen LogP contribution in [0.4, 0.5) is 0 Å². The average molecular weight is 235 g/mol. The fourth-order valence-electron chi connectivity index (χ4n) is 5.08. The Balaban J connectivity index is 1.50. The minimum atomic E-state index is 1.01. The van der Waals surface area contributed by atoms with E-state index in [9.17, 15) is 0 Å². The van der Waals surface area contributed by atoms with Gasteiger partial charge in [0.2, 0.25) is 0 Å². The fraction of sp³-hybridized carbons (Fsp3) is 1.00. The first-order chi connectivity index (χ1) is 8.36. The number of hydrogen-bond acceptors (Lipinski definition) is 1. The molecule has 5 unspecified atom stereocenters. The topological polar surface area (TPSA) is 12.0 Å². The maximum Gasteiger partial charge on any atom is -0.00180 e. The highest BCUT2D eigenvalue weighted by atomic mass is 14.8. The van der Waals surface area contributed by atoms with Crippen LogP contribution in [0.1, 0.15) is 58.3 Å².